The van der Waals surface area contributed by atoms with Crippen molar-refractivity contribution in [2.75, 3.05) is 25.9 Å². The third-order valence-corrected chi connectivity index (χ3v) is 10.0. The lowest BCUT2D eigenvalue weighted by Gasteiger charge is -2.49. The largest absolute Gasteiger partial charge is 0.338 e. The summed E-state index contributed by atoms with van der Waals surface area (Å²) in [6.07, 6.45) is 6.76. The van der Waals surface area contributed by atoms with E-state index in [0.717, 1.165) is 37.1 Å². The highest BCUT2D eigenvalue weighted by atomic mass is 32.2. The number of aromatic amines is 1. The van der Waals surface area contributed by atoms with Gasteiger partial charge in [0.2, 0.25) is 0 Å². The van der Waals surface area contributed by atoms with Gasteiger partial charge >= 0.3 is 0 Å². The van der Waals surface area contributed by atoms with Crippen LogP contribution in [0.3, 0.4) is 0 Å². The molecule has 2 aromatic carbocycles. The van der Waals surface area contributed by atoms with Gasteiger partial charge in [-0.05, 0) is 99.8 Å². The Kier molecular flexibility index (Phi) is 8.18. The third-order valence-electron chi connectivity index (χ3n) is 8.90. The van der Waals surface area contributed by atoms with E-state index in [1.807, 2.05) is 12.1 Å². The summed E-state index contributed by atoms with van der Waals surface area (Å²) in [6.45, 7) is 12.5. The number of nitrogens with zero attached hydrogens (tertiary/aromatic N) is 3. The second-order valence-electron chi connectivity index (χ2n) is 12.2. The molecule has 0 amide bonds. The van der Waals surface area contributed by atoms with Crippen molar-refractivity contribution in [2.45, 2.75) is 88.7 Å². The Hall–Kier alpha value is -2.29. The van der Waals surface area contributed by atoms with Crippen LogP contribution in [-0.2, 0) is 9.84 Å². The van der Waals surface area contributed by atoms with Crippen molar-refractivity contribution >= 4 is 20.9 Å². The lowest BCUT2D eigenvalue weighted by Crippen LogP contribution is -2.55. The van der Waals surface area contributed by atoms with Gasteiger partial charge in [-0.15, -0.1) is 0 Å². The van der Waals surface area contributed by atoms with E-state index in [1.165, 1.54) is 32.1 Å². The Morgan fingerprint density at radius 3 is 2.38 bits per heavy atom. The number of hydrogen-bond acceptors (Lipinski definition) is 5. The molecule has 3 heterocycles. The molecule has 2 saturated heterocycles. The van der Waals surface area contributed by atoms with Gasteiger partial charge in [0.1, 0.15) is 11.3 Å². The average molecular weight is 555 g/mol. The Bertz CT molecular complexity index is 1390. The van der Waals surface area contributed by atoms with Gasteiger partial charge in [0, 0.05) is 36.5 Å². The summed E-state index contributed by atoms with van der Waals surface area (Å²) in [6, 6.07) is 12.3. The second kappa shape index (κ2) is 11.3. The van der Waals surface area contributed by atoms with Gasteiger partial charge in [0.05, 0.1) is 10.4 Å². The van der Waals surface area contributed by atoms with Gasteiger partial charge < -0.3 is 9.88 Å². The van der Waals surface area contributed by atoms with E-state index in [1.54, 1.807) is 24.3 Å². The number of rotatable bonds is 7. The standard InChI is InChI=1S/C31H43FN4O2S/c1-6-24-18-25(17-21(4)36(24)19-20(2)3)35-15-13-22(14-16-35)27-11-12-28-30(29(27)32)34-31(33-28)23-7-9-26(10-8-23)39(5,37)38/h7-12,20-22,24-25H,6,13-19H2,1-5H3,(H,33,34). The molecule has 2 aliphatic rings. The van der Waals surface area contributed by atoms with Gasteiger partial charge in [0.15, 0.2) is 15.7 Å². The number of benzene rings is 2. The summed E-state index contributed by atoms with van der Waals surface area (Å²) in [5, 5.41) is 0. The number of nitrogens with one attached hydrogen (secondary N) is 1. The van der Waals surface area contributed by atoms with Crippen LogP contribution in [0.25, 0.3) is 22.4 Å². The predicted molar refractivity (Wildman–Crippen MR) is 156 cm³/mol. The molecule has 0 saturated carbocycles. The smallest absolute Gasteiger partial charge is 0.175 e. The molecule has 8 heteroatoms. The number of fused-ring (bicyclic) bond motifs is 1. The monoisotopic (exact) mass is 554 g/mol. The van der Waals surface area contributed by atoms with Crippen molar-refractivity contribution in [1.82, 2.24) is 19.8 Å². The minimum absolute atomic E-state index is 0.195. The van der Waals surface area contributed by atoms with E-state index in [4.69, 9.17) is 0 Å². The summed E-state index contributed by atoms with van der Waals surface area (Å²) in [7, 11) is -3.27. The molecule has 6 nitrogen and oxygen atoms in total. The predicted octanol–water partition coefficient (Wildman–Crippen LogP) is 6.24. The van der Waals surface area contributed by atoms with Crippen LogP contribution in [0, 0.1) is 11.7 Å². The summed E-state index contributed by atoms with van der Waals surface area (Å²) >= 11 is 0. The number of sulfone groups is 1. The van der Waals surface area contributed by atoms with Crippen molar-refractivity contribution in [2.24, 2.45) is 5.92 Å². The van der Waals surface area contributed by atoms with Gasteiger partial charge in [-0.2, -0.15) is 0 Å². The Labute approximate surface area is 232 Å². The summed E-state index contributed by atoms with van der Waals surface area (Å²) in [4.78, 5) is 13.4. The Morgan fingerprint density at radius 2 is 1.77 bits per heavy atom. The van der Waals surface area contributed by atoms with Crippen molar-refractivity contribution in [1.29, 1.82) is 0 Å². The molecule has 3 aromatic rings. The normalized spacial score (nSPS) is 24.1. The first-order valence-electron chi connectivity index (χ1n) is 14.5. The van der Waals surface area contributed by atoms with Gasteiger partial charge in [-0.3, -0.25) is 4.90 Å². The lowest BCUT2D eigenvalue weighted by atomic mass is 9.84. The van der Waals surface area contributed by atoms with E-state index < -0.39 is 9.84 Å². The van der Waals surface area contributed by atoms with E-state index in [-0.39, 0.29) is 16.6 Å². The van der Waals surface area contributed by atoms with Gasteiger partial charge in [-0.1, -0.05) is 26.8 Å². The number of aromatic nitrogens is 2. The molecule has 3 unspecified atom stereocenters. The highest BCUT2D eigenvalue weighted by Crippen LogP contribution is 2.36. The fraction of sp³-hybridized carbons (Fsp3) is 0.581. The molecule has 0 radical (unpaired) electrons. The van der Waals surface area contributed by atoms with E-state index in [0.29, 0.717) is 40.9 Å². The summed E-state index contributed by atoms with van der Waals surface area (Å²) < 4.78 is 39.3. The van der Waals surface area contributed by atoms with E-state index in [2.05, 4.69) is 47.5 Å². The number of imidazole rings is 1. The summed E-state index contributed by atoms with van der Waals surface area (Å²) in [5.74, 6) is 1.19. The van der Waals surface area contributed by atoms with Crippen molar-refractivity contribution in [3.8, 4) is 11.4 Å². The first kappa shape index (κ1) is 28.2. The third kappa shape index (κ3) is 5.93. The number of halogens is 1. The zero-order chi connectivity index (χ0) is 27.9. The minimum Gasteiger partial charge on any atom is -0.338 e. The molecule has 0 spiro atoms. The van der Waals surface area contributed by atoms with Crippen LogP contribution in [0.15, 0.2) is 41.3 Å². The molecule has 0 aliphatic carbocycles. The zero-order valence-corrected chi connectivity index (χ0v) is 24.8. The van der Waals surface area contributed by atoms with Crippen LogP contribution in [0.1, 0.15) is 71.3 Å². The van der Waals surface area contributed by atoms with Gasteiger partial charge in [0.25, 0.3) is 0 Å². The molecule has 1 aromatic heterocycles. The molecular weight excluding hydrogens is 511 g/mol. The number of hydrogen-bond donors (Lipinski definition) is 1. The minimum atomic E-state index is -3.27. The molecular formula is C31H43FN4O2S. The average Bonchev–Trinajstić information content (AvgIpc) is 3.35. The highest BCUT2D eigenvalue weighted by molar-refractivity contribution is 7.90. The zero-order valence-electron chi connectivity index (χ0n) is 24.0. The van der Waals surface area contributed by atoms with Crippen LogP contribution in [0.5, 0.6) is 0 Å². The molecule has 2 aliphatic heterocycles. The maximum Gasteiger partial charge on any atom is 0.175 e. The van der Waals surface area contributed by atoms with Gasteiger partial charge in [-0.25, -0.2) is 17.8 Å². The SMILES string of the molecule is CCC1CC(N2CCC(c3ccc4[nH]c(-c5ccc(S(C)(=O)=O)cc5)nc4c3F)CC2)CC(C)N1CC(C)C. The van der Waals surface area contributed by atoms with Crippen LogP contribution < -0.4 is 0 Å². The maximum absolute atomic E-state index is 15.8. The van der Waals surface area contributed by atoms with E-state index >= 15 is 4.39 Å². The Morgan fingerprint density at radius 1 is 1.08 bits per heavy atom. The van der Waals surface area contributed by atoms with Crippen molar-refractivity contribution in [3.63, 3.8) is 0 Å². The summed E-state index contributed by atoms with van der Waals surface area (Å²) in [5.41, 5.74) is 2.50. The van der Waals surface area contributed by atoms with Crippen LogP contribution in [0.2, 0.25) is 0 Å². The maximum atomic E-state index is 15.8. The fourth-order valence-corrected chi connectivity index (χ4v) is 7.46. The van der Waals surface area contributed by atoms with Crippen LogP contribution in [0.4, 0.5) is 4.39 Å². The molecule has 0 bridgehead atoms. The van der Waals surface area contributed by atoms with Crippen LogP contribution >= 0.6 is 0 Å². The number of piperidine rings is 2. The first-order valence-corrected chi connectivity index (χ1v) is 16.4. The molecule has 39 heavy (non-hydrogen) atoms. The topological polar surface area (TPSA) is 69.3 Å². The van der Waals surface area contributed by atoms with Crippen molar-refractivity contribution in [3.05, 3.63) is 47.8 Å². The van der Waals surface area contributed by atoms with Crippen LogP contribution in [-0.4, -0.2) is 72.2 Å². The quantitative estimate of drug-likeness (QED) is 0.374. The Balaban J connectivity index is 1.27. The molecule has 3 atom stereocenters. The lowest BCUT2D eigenvalue weighted by molar-refractivity contribution is 0.0112. The number of H-pyrrole nitrogens is 1. The second-order valence-corrected chi connectivity index (χ2v) is 14.2. The molecule has 5 rings (SSSR count). The highest BCUT2D eigenvalue weighted by Gasteiger charge is 2.37. The molecule has 212 valence electrons. The molecule has 2 fully saturated rings. The van der Waals surface area contributed by atoms with E-state index in [9.17, 15) is 8.42 Å². The van der Waals surface area contributed by atoms with Crippen molar-refractivity contribution < 1.29 is 12.8 Å². The first-order chi connectivity index (χ1) is 18.5. The fourth-order valence-electron chi connectivity index (χ4n) is 6.83. The molecule has 1 N–H and O–H groups in total. The number of likely N-dealkylation sites (tertiary alicyclic amines) is 2.